The molecule has 0 aromatic heterocycles. The van der Waals surface area contributed by atoms with Crippen molar-refractivity contribution >= 4 is 0 Å². The molecule has 3 atom stereocenters. The fourth-order valence-electron chi connectivity index (χ4n) is 2.78. The molecule has 2 saturated carbocycles. The summed E-state index contributed by atoms with van der Waals surface area (Å²) in [5, 5.41) is 0. The number of nitrogens with two attached hydrogens (primary N) is 1. The molecule has 0 aromatic carbocycles. The molecule has 2 aliphatic rings. The molecule has 0 aliphatic heterocycles. The highest BCUT2D eigenvalue weighted by atomic mass is 14.7. The predicted octanol–water partition coefficient (Wildman–Crippen LogP) is 1.91. The molecular formula is C9H17N. The second-order valence-electron chi connectivity index (χ2n) is 3.95. The maximum absolute atomic E-state index is 5.99. The fourth-order valence-corrected chi connectivity index (χ4v) is 2.78. The van der Waals surface area contributed by atoms with Gasteiger partial charge in [-0.1, -0.05) is 19.3 Å². The van der Waals surface area contributed by atoms with Crippen LogP contribution in [0, 0.1) is 11.8 Å². The summed E-state index contributed by atoms with van der Waals surface area (Å²) in [6.45, 7) is 0. The molecule has 0 aromatic rings. The van der Waals surface area contributed by atoms with Crippen molar-refractivity contribution in [2.24, 2.45) is 17.6 Å². The van der Waals surface area contributed by atoms with Gasteiger partial charge in [0.1, 0.15) is 0 Å². The van der Waals surface area contributed by atoms with Crippen molar-refractivity contribution in [1.29, 1.82) is 0 Å². The summed E-state index contributed by atoms with van der Waals surface area (Å²) in [7, 11) is 0. The van der Waals surface area contributed by atoms with Gasteiger partial charge in [0.2, 0.25) is 0 Å². The molecule has 2 rings (SSSR count). The average Bonchev–Trinajstić information content (AvgIpc) is 2.34. The van der Waals surface area contributed by atoms with Crippen LogP contribution in [0.4, 0.5) is 0 Å². The standard InChI is InChI=1S/C9H17N/c10-9-6-5-7-3-1-2-4-8(7)9/h7-9H,1-6,10H2/t7-,8?,9+/m1/s1. The van der Waals surface area contributed by atoms with Gasteiger partial charge >= 0.3 is 0 Å². The van der Waals surface area contributed by atoms with Crippen molar-refractivity contribution in [2.75, 3.05) is 0 Å². The Morgan fingerprint density at radius 2 is 1.70 bits per heavy atom. The number of hydrogen-bond donors (Lipinski definition) is 1. The van der Waals surface area contributed by atoms with E-state index in [4.69, 9.17) is 5.73 Å². The molecule has 0 heterocycles. The molecule has 1 heteroatoms. The Bertz CT molecular complexity index is 120. The first-order valence-electron chi connectivity index (χ1n) is 4.63. The highest BCUT2D eigenvalue weighted by Gasteiger charge is 2.34. The normalized spacial score (nSPS) is 47.1. The van der Waals surface area contributed by atoms with Crippen molar-refractivity contribution in [3.8, 4) is 0 Å². The molecule has 58 valence electrons. The SMILES string of the molecule is N[C@H]1CC[C@H]2CCCCC21. The van der Waals surface area contributed by atoms with Gasteiger partial charge < -0.3 is 5.73 Å². The summed E-state index contributed by atoms with van der Waals surface area (Å²) in [5.74, 6) is 1.93. The molecule has 10 heavy (non-hydrogen) atoms. The Hall–Kier alpha value is -0.0400. The first-order chi connectivity index (χ1) is 4.88. The Kier molecular flexibility index (Phi) is 1.69. The highest BCUT2D eigenvalue weighted by Crippen LogP contribution is 2.41. The minimum atomic E-state index is 0.560. The van der Waals surface area contributed by atoms with Crippen LogP contribution in [0.3, 0.4) is 0 Å². The van der Waals surface area contributed by atoms with E-state index < -0.39 is 0 Å². The topological polar surface area (TPSA) is 26.0 Å². The van der Waals surface area contributed by atoms with E-state index in [9.17, 15) is 0 Å². The van der Waals surface area contributed by atoms with E-state index in [0.29, 0.717) is 6.04 Å². The summed E-state index contributed by atoms with van der Waals surface area (Å²) >= 11 is 0. The summed E-state index contributed by atoms with van der Waals surface area (Å²) in [5.41, 5.74) is 5.99. The second kappa shape index (κ2) is 2.54. The second-order valence-corrected chi connectivity index (χ2v) is 3.95. The molecule has 0 saturated heterocycles. The van der Waals surface area contributed by atoms with Crippen LogP contribution in [0.2, 0.25) is 0 Å². The molecule has 2 fully saturated rings. The molecule has 2 N–H and O–H groups in total. The summed E-state index contributed by atoms with van der Waals surface area (Å²) in [4.78, 5) is 0. The smallest absolute Gasteiger partial charge is 0.00699 e. The Labute approximate surface area is 63.0 Å². The van der Waals surface area contributed by atoms with Gasteiger partial charge in [0.05, 0.1) is 0 Å². The zero-order chi connectivity index (χ0) is 6.97. The maximum Gasteiger partial charge on any atom is 0.00699 e. The van der Waals surface area contributed by atoms with Crippen LogP contribution < -0.4 is 5.73 Å². The summed E-state index contributed by atoms with van der Waals surface area (Å²) in [6.07, 6.45) is 8.52. The lowest BCUT2D eigenvalue weighted by Crippen LogP contribution is -2.29. The van der Waals surface area contributed by atoms with Crippen LogP contribution in [0.1, 0.15) is 38.5 Å². The minimum absolute atomic E-state index is 0.560. The van der Waals surface area contributed by atoms with E-state index in [2.05, 4.69) is 0 Å². The molecular weight excluding hydrogens is 122 g/mol. The largest absolute Gasteiger partial charge is 0.327 e. The zero-order valence-electron chi connectivity index (χ0n) is 6.55. The lowest BCUT2D eigenvalue weighted by atomic mass is 9.80. The minimum Gasteiger partial charge on any atom is -0.327 e. The quantitative estimate of drug-likeness (QED) is 0.545. The first-order valence-corrected chi connectivity index (χ1v) is 4.63. The molecule has 1 nitrogen and oxygen atoms in total. The van der Waals surface area contributed by atoms with Gasteiger partial charge in [0, 0.05) is 6.04 Å². The zero-order valence-corrected chi connectivity index (χ0v) is 6.55. The average molecular weight is 139 g/mol. The van der Waals surface area contributed by atoms with Crippen LogP contribution in [-0.4, -0.2) is 6.04 Å². The number of fused-ring (bicyclic) bond motifs is 1. The number of hydrogen-bond acceptors (Lipinski definition) is 1. The number of rotatable bonds is 0. The Balaban J connectivity index is 2.01. The molecule has 0 amide bonds. The predicted molar refractivity (Wildman–Crippen MR) is 42.7 cm³/mol. The van der Waals surface area contributed by atoms with Gasteiger partial charge in [0.25, 0.3) is 0 Å². The van der Waals surface area contributed by atoms with Crippen LogP contribution >= 0.6 is 0 Å². The van der Waals surface area contributed by atoms with Crippen LogP contribution in [0.15, 0.2) is 0 Å². The lowest BCUT2D eigenvalue weighted by molar-refractivity contribution is 0.260. The Morgan fingerprint density at radius 3 is 2.50 bits per heavy atom. The molecule has 0 radical (unpaired) electrons. The third-order valence-corrected chi connectivity index (χ3v) is 3.39. The van der Waals surface area contributed by atoms with Gasteiger partial charge in [-0.2, -0.15) is 0 Å². The third-order valence-electron chi connectivity index (χ3n) is 3.39. The monoisotopic (exact) mass is 139 g/mol. The van der Waals surface area contributed by atoms with Crippen molar-refractivity contribution in [3.63, 3.8) is 0 Å². The van der Waals surface area contributed by atoms with Crippen molar-refractivity contribution in [1.82, 2.24) is 0 Å². The van der Waals surface area contributed by atoms with Gasteiger partial charge in [-0.3, -0.25) is 0 Å². The van der Waals surface area contributed by atoms with Gasteiger partial charge in [0.15, 0.2) is 0 Å². The van der Waals surface area contributed by atoms with Gasteiger partial charge in [-0.25, -0.2) is 0 Å². The third kappa shape index (κ3) is 0.968. The van der Waals surface area contributed by atoms with E-state index >= 15 is 0 Å². The molecule has 2 aliphatic carbocycles. The van der Waals surface area contributed by atoms with E-state index in [0.717, 1.165) is 11.8 Å². The lowest BCUT2D eigenvalue weighted by Gasteiger charge is -2.27. The summed E-state index contributed by atoms with van der Waals surface area (Å²) in [6, 6.07) is 0.560. The van der Waals surface area contributed by atoms with E-state index in [1.807, 2.05) is 0 Å². The van der Waals surface area contributed by atoms with Crippen LogP contribution in [0.25, 0.3) is 0 Å². The van der Waals surface area contributed by atoms with Gasteiger partial charge in [-0.05, 0) is 31.1 Å². The fraction of sp³-hybridized carbons (Fsp3) is 1.00. The van der Waals surface area contributed by atoms with Crippen LogP contribution in [-0.2, 0) is 0 Å². The van der Waals surface area contributed by atoms with E-state index in [1.54, 1.807) is 0 Å². The first kappa shape index (κ1) is 6.66. The van der Waals surface area contributed by atoms with Crippen LogP contribution in [0.5, 0.6) is 0 Å². The van der Waals surface area contributed by atoms with Gasteiger partial charge in [-0.15, -0.1) is 0 Å². The summed E-state index contributed by atoms with van der Waals surface area (Å²) < 4.78 is 0. The van der Waals surface area contributed by atoms with Crippen molar-refractivity contribution in [2.45, 2.75) is 44.6 Å². The van der Waals surface area contributed by atoms with E-state index in [1.165, 1.54) is 38.5 Å². The maximum atomic E-state index is 5.99. The molecule has 0 spiro atoms. The van der Waals surface area contributed by atoms with Crippen molar-refractivity contribution in [3.05, 3.63) is 0 Å². The molecule has 1 unspecified atom stereocenters. The highest BCUT2D eigenvalue weighted by molar-refractivity contribution is 4.89. The molecule has 0 bridgehead atoms. The van der Waals surface area contributed by atoms with E-state index in [-0.39, 0.29) is 0 Å². The Morgan fingerprint density at radius 1 is 0.900 bits per heavy atom. The van der Waals surface area contributed by atoms with Crippen molar-refractivity contribution < 1.29 is 0 Å².